The smallest absolute Gasteiger partial charge is 0.179 e. The topological polar surface area (TPSA) is 34.1 Å². The maximum Gasteiger partial charge on any atom is 0.179 e. The Morgan fingerprint density at radius 1 is 1.00 bits per heavy atom. The zero-order valence-corrected chi connectivity index (χ0v) is 10.3. The second-order valence-corrected chi connectivity index (χ2v) is 6.04. The van der Waals surface area contributed by atoms with Gasteiger partial charge in [0.15, 0.2) is 9.84 Å². The van der Waals surface area contributed by atoms with Crippen LogP contribution in [-0.2, 0) is 9.84 Å². The highest BCUT2D eigenvalue weighted by atomic mass is 32.2. The third-order valence-corrected chi connectivity index (χ3v) is 4.74. The molecule has 0 atom stereocenters. The highest BCUT2D eigenvalue weighted by Crippen LogP contribution is 2.23. The van der Waals surface area contributed by atoms with Crippen molar-refractivity contribution in [3.8, 4) is 0 Å². The minimum Gasteiger partial charge on any atom is -0.224 e. The van der Waals surface area contributed by atoms with Crippen LogP contribution in [0.3, 0.4) is 0 Å². The molecule has 0 aliphatic rings. The number of rotatable bonds is 3. The van der Waals surface area contributed by atoms with Crippen LogP contribution in [0.4, 0.5) is 0 Å². The van der Waals surface area contributed by atoms with E-state index < -0.39 is 9.84 Å². The van der Waals surface area contributed by atoms with E-state index in [4.69, 9.17) is 0 Å². The van der Waals surface area contributed by atoms with Crippen LogP contribution in [0.2, 0.25) is 0 Å². The summed E-state index contributed by atoms with van der Waals surface area (Å²) < 4.78 is 24.0. The van der Waals surface area contributed by atoms with Crippen LogP contribution in [0, 0.1) is 0 Å². The molecular formula is C12H12O2S2. The van der Waals surface area contributed by atoms with Gasteiger partial charge in [-0.25, -0.2) is 8.42 Å². The number of benzene rings is 2. The minimum atomic E-state index is -3.21. The Hall–Kier alpha value is -1.00. The first-order chi connectivity index (χ1) is 7.65. The summed E-state index contributed by atoms with van der Waals surface area (Å²) in [6.45, 7) is 0. The van der Waals surface area contributed by atoms with E-state index in [1.165, 1.54) is 0 Å². The zero-order valence-electron chi connectivity index (χ0n) is 8.63. The van der Waals surface area contributed by atoms with Crippen molar-refractivity contribution in [2.45, 2.75) is 4.90 Å². The summed E-state index contributed by atoms with van der Waals surface area (Å²) in [5.41, 5.74) is 0. The highest BCUT2D eigenvalue weighted by molar-refractivity contribution is 7.92. The molecule has 0 spiro atoms. The van der Waals surface area contributed by atoms with Gasteiger partial charge in [-0.1, -0.05) is 36.4 Å². The normalized spacial score (nSPS) is 11.8. The lowest BCUT2D eigenvalue weighted by molar-refractivity contribution is 0.598. The van der Waals surface area contributed by atoms with Crippen LogP contribution < -0.4 is 0 Å². The van der Waals surface area contributed by atoms with Gasteiger partial charge in [-0.3, -0.25) is 0 Å². The van der Waals surface area contributed by atoms with Gasteiger partial charge in [0.05, 0.1) is 10.6 Å². The molecule has 2 aromatic rings. The fourth-order valence-electron chi connectivity index (χ4n) is 1.70. The van der Waals surface area contributed by atoms with Gasteiger partial charge in [0.1, 0.15) is 0 Å². The quantitative estimate of drug-likeness (QED) is 0.852. The molecule has 0 saturated carbocycles. The molecule has 84 valence electrons. The van der Waals surface area contributed by atoms with E-state index in [0.717, 1.165) is 10.8 Å². The fraction of sp³-hybridized carbons (Fsp3) is 0.167. The van der Waals surface area contributed by atoms with E-state index >= 15 is 0 Å². The second kappa shape index (κ2) is 4.47. The Balaban J connectivity index is 2.70. The van der Waals surface area contributed by atoms with Gasteiger partial charge in [0.2, 0.25) is 0 Å². The molecule has 0 bridgehead atoms. The Kier molecular flexibility index (Phi) is 3.21. The predicted molar refractivity (Wildman–Crippen MR) is 69.9 cm³/mol. The average molecular weight is 252 g/mol. The van der Waals surface area contributed by atoms with Gasteiger partial charge >= 0.3 is 0 Å². The zero-order chi connectivity index (χ0) is 11.6. The number of fused-ring (bicyclic) bond motifs is 1. The number of hydrogen-bond acceptors (Lipinski definition) is 3. The summed E-state index contributed by atoms with van der Waals surface area (Å²) in [4.78, 5) is 0.402. The molecule has 0 heterocycles. The van der Waals surface area contributed by atoms with Crippen molar-refractivity contribution in [1.82, 2.24) is 0 Å². The fourth-order valence-corrected chi connectivity index (χ4v) is 3.69. The van der Waals surface area contributed by atoms with E-state index in [0.29, 0.717) is 10.6 Å². The molecule has 0 radical (unpaired) electrons. The Bertz CT molecular complexity index is 598. The van der Waals surface area contributed by atoms with Gasteiger partial charge in [-0.05, 0) is 11.5 Å². The first kappa shape index (κ1) is 11.5. The summed E-state index contributed by atoms with van der Waals surface area (Å²) in [6, 6.07) is 12.8. The van der Waals surface area contributed by atoms with E-state index in [1.54, 1.807) is 12.1 Å². The van der Waals surface area contributed by atoms with Gasteiger partial charge in [-0.15, -0.1) is 0 Å². The molecule has 0 saturated heterocycles. The molecule has 0 aliphatic carbocycles. The van der Waals surface area contributed by atoms with E-state index in [2.05, 4.69) is 12.6 Å². The highest BCUT2D eigenvalue weighted by Gasteiger charge is 2.15. The van der Waals surface area contributed by atoms with Crippen LogP contribution in [0.25, 0.3) is 10.8 Å². The SMILES string of the molecule is O=S(=O)(CCS)c1cccc2ccccc12. The van der Waals surface area contributed by atoms with Crippen LogP contribution in [0.5, 0.6) is 0 Å². The molecule has 16 heavy (non-hydrogen) atoms. The summed E-state index contributed by atoms with van der Waals surface area (Å²) in [5, 5.41) is 1.73. The molecule has 0 aromatic heterocycles. The minimum absolute atomic E-state index is 0.0735. The Morgan fingerprint density at radius 2 is 1.69 bits per heavy atom. The second-order valence-electron chi connectivity index (χ2n) is 3.52. The lowest BCUT2D eigenvalue weighted by Crippen LogP contribution is -2.08. The molecule has 0 fully saturated rings. The monoisotopic (exact) mass is 252 g/mol. The molecule has 2 nitrogen and oxygen atoms in total. The molecule has 0 amide bonds. The molecule has 4 heteroatoms. The summed E-state index contributed by atoms with van der Waals surface area (Å²) >= 11 is 3.98. The predicted octanol–water partition coefficient (Wildman–Crippen LogP) is 2.54. The first-order valence-electron chi connectivity index (χ1n) is 4.96. The van der Waals surface area contributed by atoms with Crippen molar-refractivity contribution in [1.29, 1.82) is 0 Å². The Morgan fingerprint density at radius 3 is 2.44 bits per heavy atom. The van der Waals surface area contributed by atoms with Crippen LogP contribution >= 0.6 is 12.6 Å². The number of hydrogen-bond donors (Lipinski definition) is 1. The van der Waals surface area contributed by atoms with Crippen molar-refractivity contribution in [2.75, 3.05) is 11.5 Å². The molecular weight excluding hydrogens is 240 g/mol. The third kappa shape index (κ3) is 2.08. The maximum atomic E-state index is 12.0. The van der Waals surface area contributed by atoms with E-state index in [9.17, 15) is 8.42 Å². The maximum absolute atomic E-state index is 12.0. The lowest BCUT2D eigenvalue weighted by atomic mass is 10.1. The summed E-state index contributed by atoms with van der Waals surface area (Å²) in [7, 11) is -3.21. The molecule has 2 rings (SSSR count). The van der Waals surface area contributed by atoms with Gasteiger partial charge < -0.3 is 0 Å². The van der Waals surface area contributed by atoms with Gasteiger partial charge in [-0.2, -0.15) is 12.6 Å². The molecule has 0 N–H and O–H groups in total. The average Bonchev–Trinajstić information content (AvgIpc) is 2.28. The number of sulfone groups is 1. The van der Waals surface area contributed by atoms with Crippen molar-refractivity contribution in [3.05, 3.63) is 42.5 Å². The van der Waals surface area contributed by atoms with Gasteiger partial charge in [0.25, 0.3) is 0 Å². The van der Waals surface area contributed by atoms with Crippen LogP contribution in [0.15, 0.2) is 47.4 Å². The molecule has 2 aromatic carbocycles. The van der Waals surface area contributed by atoms with Gasteiger partial charge in [0, 0.05) is 11.1 Å². The van der Waals surface area contributed by atoms with Crippen LogP contribution in [0.1, 0.15) is 0 Å². The summed E-state index contributed by atoms with van der Waals surface area (Å²) in [6.07, 6.45) is 0. The first-order valence-corrected chi connectivity index (χ1v) is 7.25. The van der Waals surface area contributed by atoms with Crippen molar-refractivity contribution in [2.24, 2.45) is 0 Å². The lowest BCUT2D eigenvalue weighted by Gasteiger charge is -2.06. The third-order valence-electron chi connectivity index (χ3n) is 2.44. The van der Waals surface area contributed by atoms with Crippen molar-refractivity contribution >= 4 is 33.2 Å². The Labute approximate surface area is 101 Å². The largest absolute Gasteiger partial charge is 0.224 e. The number of thiol groups is 1. The van der Waals surface area contributed by atoms with Crippen LogP contribution in [-0.4, -0.2) is 19.9 Å². The van der Waals surface area contributed by atoms with E-state index in [-0.39, 0.29) is 5.75 Å². The van der Waals surface area contributed by atoms with E-state index in [1.807, 2.05) is 30.3 Å². The van der Waals surface area contributed by atoms with Crippen molar-refractivity contribution < 1.29 is 8.42 Å². The summed E-state index contributed by atoms with van der Waals surface area (Å²) in [5.74, 6) is 0.412. The van der Waals surface area contributed by atoms with Crippen molar-refractivity contribution in [3.63, 3.8) is 0 Å². The molecule has 0 aliphatic heterocycles. The molecule has 0 unspecified atom stereocenters. The standard InChI is InChI=1S/C12H12O2S2/c13-16(14,9-8-15)12-7-3-5-10-4-1-2-6-11(10)12/h1-7,15H,8-9H2.